The van der Waals surface area contributed by atoms with E-state index in [1.54, 1.807) is 24.6 Å². The number of nitrogens with zero attached hydrogens (tertiary/aromatic N) is 3. The van der Waals surface area contributed by atoms with Gasteiger partial charge in [0.05, 0.1) is 18.3 Å². The Morgan fingerprint density at radius 3 is 2.81 bits per heavy atom. The summed E-state index contributed by atoms with van der Waals surface area (Å²) in [4.78, 5) is 0. The Kier molecular flexibility index (Phi) is 4.14. The molecule has 0 amide bonds. The van der Waals surface area contributed by atoms with Gasteiger partial charge >= 0.3 is 0 Å². The predicted octanol–water partition coefficient (Wildman–Crippen LogP) is 2.88. The first kappa shape index (κ1) is 14.7. The van der Waals surface area contributed by atoms with Gasteiger partial charge in [-0.3, -0.25) is 4.68 Å². The van der Waals surface area contributed by atoms with Crippen LogP contribution in [0.25, 0.3) is 0 Å². The maximum atomic E-state index is 12.4. The molecule has 2 aromatic heterocycles. The van der Waals surface area contributed by atoms with Gasteiger partial charge in [0.2, 0.25) is 0 Å². The highest BCUT2D eigenvalue weighted by Gasteiger charge is 2.23. The fourth-order valence-corrected chi connectivity index (χ4v) is 5.05. The van der Waals surface area contributed by atoms with E-state index in [2.05, 4.69) is 5.10 Å². The van der Waals surface area contributed by atoms with Gasteiger partial charge in [-0.25, -0.2) is 8.42 Å². The summed E-state index contributed by atoms with van der Waals surface area (Å²) in [6, 6.07) is 5.78. The molecule has 21 heavy (non-hydrogen) atoms. The SMILES string of the molecule is CN(Cc1ccn(C2CCCC2)n1)S(=O)(=O)c1cccs1. The maximum absolute atomic E-state index is 12.4. The first-order valence-electron chi connectivity index (χ1n) is 7.11. The quantitative estimate of drug-likeness (QED) is 0.849. The molecule has 0 aromatic carbocycles. The Morgan fingerprint density at radius 2 is 2.14 bits per heavy atom. The van der Waals surface area contributed by atoms with Crippen molar-refractivity contribution in [2.24, 2.45) is 0 Å². The molecule has 0 saturated heterocycles. The van der Waals surface area contributed by atoms with Crippen molar-refractivity contribution in [3.05, 3.63) is 35.5 Å². The average molecular weight is 325 g/mol. The van der Waals surface area contributed by atoms with Crippen LogP contribution in [0.3, 0.4) is 0 Å². The second-order valence-corrected chi connectivity index (χ2v) is 8.64. The van der Waals surface area contributed by atoms with Crippen molar-refractivity contribution < 1.29 is 8.42 Å². The second-order valence-electron chi connectivity index (χ2n) is 5.42. The molecule has 0 atom stereocenters. The molecule has 0 aliphatic heterocycles. The van der Waals surface area contributed by atoms with E-state index in [4.69, 9.17) is 0 Å². The molecule has 1 aliphatic rings. The number of sulfonamides is 1. The van der Waals surface area contributed by atoms with E-state index in [0.717, 1.165) is 5.69 Å². The van der Waals surface area contributed by atoms with Gasteiger partial charge < -0.3 is 0 Å². The summed E-state index contributed by atoms with van der Waals surface area (Å²) in [7, 11) is -1.80. The molecule has 0 unspecified atom stereocenters. The summed E-state index contributed by atoms with van der Waals surface area (Å²) in [5.41, 5.74) is 0.796. The summed E-state index contributed by atoms with van der Waals surface area (Å²) in [6.07, 6.45) is 6.82. The van der Waals surface area contributed by atoms with E-state index in [0.29, 0.717) is 16.8 Å². The Hall–Kier alpha value is -1.18. The molecule has 7 heteroatoms. The third-order valence-electron chi connectivity index (χ3n) is 3.91. The summed E-state index contributed by atoms with van der Waals surface area (Å²) in [5, 5.41) is 6.31. The summed E-state index contributed by atoms with van der Waals surface area (Å²) in [6.45, 7) is 0.306. The average Bonchev–Trinajstić information content (AvgIpc) is 3.20. The number of hydrogen-bond donors (Lipinski definition) is 0. The van der Waals surface area contributed by atoms with E-state index in [-0.39, 0.29) is 0 Å². The van der Waals surface area contributed by atoms with Crippen molar-refractivity contribution in [3.63, 3.8) is 0 Å². The summed E-state index contributed by atoms with van der Waals surface area (Å²) >= 11 is 1.24. The van der Waals surface area contributed by atoms with E-state index < -0.39 is 10.0 Å². The van der Waals surface area contributed by atoms with E-state index in [9.17, 15) is 8.42 Å². The zero-order valence-corrected chi connectivity index (χ0v) is 13.6. The number of rotatable bonds is 5. The lowest BCUT2D eigenvalue weighted by atomic mass is 10.3. The van der Waals surface area contributed by atoms with E-state index in [1.165, 1.54) is 41.3 Å². The minimum absolute atomic E-state index is 0.306. The second kappa shape index (κ2) is 5.90. The highest BCUT2D eigenvalue weighted by atomic mass is 32.2. The molecular weight excluding hydrogens is 306 g/mol. The monoisotopic (exact) mass is 325 g/mol. The molecule has 1 saturated carbocycles. The van der Waals surface area contributed by atoms with Crippen LogP contribution in [0.5, 0.6) is 0 Å². The first-order chi connectivity index (χ1) is 10.1. The smallest absolute Gasteiger partial charge is 0.252 e. The highest BCUT2D eigenvalue weighted by Crippen LogP contribution is 2.29. The topological polar surface area (TPSA) is 55.2 Å². The normalized spacial score (nSPS) is 16.9. The van der Waals surface area contributed by atoms with Gasteiger partial charge in [0, 0.05) is 13.2 Å². The zero-order chi connectivity index (χ0) is 14.9. The summed E-state index contributed by atoms with van der Waals surface area (Å²) in [5.74, 6) is 0. The van der Waals surface area contributed by atoms with Crippen molar-refractivity contribution in [2.75, 3.05) is 7.05 Å². The maximum Gasteiger partial charge on any atom is 0.252 e. The van der Waals surface area contributed by atoms with Crippen molar-refractivity contribution in [1.29, 1.82) is 0 Å². The van der Waals surface area contributed by atoms with Gasteiger partial charge in [0.1, 0.15) is 4.21 Å². The molecule has 0 radical (unpaired) electrons. The third-order valence-corrected chi connectivity index (χ3v) is 7.08. The van der Waals surface area contributed by atoms with Gasteiger partial charge in [0.25, 0.3) is 10.0 Å². The Morgan fingerprint density at radius 1 is 1.38 bits per heavy atom. The van der Waals surface area contributed by atoms with Crippen LogP contribution in [0.15, 0.2) is 34.0 Å². The van der Waals surface area contributed by atoms with Crippen LogP contribution < -0.4 is 0 Å². The van der Waals surface area contributed by atoms with E-state index in [1.807, 2.05) is 16.9 Å². The fraction of sp³-hybridized carbons (Fsp3) is 0.500. The van der Waals surface area contributed by atoms with Crippen molar-refractivity contribution in [3.8, 4) is 0 Å². The first-order valence-corrected chi connectivity index (χ1v) is 9.43. The molecule has 0 spiro atoms. The van der Waals surface area contributed by atoms with Crippen LogP contribution in [-0.4, -0.2) is 29.6 Å². The molecule has 114 valence electrons. The molecule has 0 bridgehead atoms. The largest absolute Gasteiger partial charge is 0.269 e. The molecule has 2 aromatic rings. The predicted molar refractivity (Wildman–Crippen MR) is 82.7 cm³/mol. The highest BCUT2D eigenvalue weighted by molar-refractivity contribution is 7.91. The number of thiophene rings is 1. The van der Waals surface area contributed by atoms with Crippen LogP contribution in [0.1, 0.15) is 37.4 Å². The van der Waals surface area contributed by atoms with Crippen LogP contribution in [-0.2, 0) is 16.6 Å². The minimum Gasteiger partial charge on any atom is -0.269 e. The Bertz CT molecular complexity index is 686. The number of hydrogen-bond acceptors (Lipinski definition) is 4. The van der Waals surface area contributed by atoms with Crippen LogP contribution in [0, 0.1) is 0 Å². The lowest BCUT2D eigenvalue weighted by molar-refractivity contribution is 0.439. The Labute approximate surface area is 129 Å². The van der Waals surface area contributed by atoms with Crippen LogP contribution in [0.4, 0.5) is 0 Å². The molecule has 2 heterocycles. The summed E-state index contributed by atoms with van der Waals surface area (Å²) < 4.78 is 28.5. The lowest BCUT2D eigenvalue weighted by Gasteiger charge is -2.15. The number of aromatic nitrogens is 2. The van der Waals surface area contributed by atoms with Gasteiger partial charge in [-0.1, -0.05) is 18.9 Å². The Balaban J connectivity index is 1.71. The lowest BCUT2D eigenvalue weighted by Crippen LogP contribution is -2.26. The van der Waals surface area contributed by atoms with Gasteiger partial charge in [-0.2, -0.15) is 9.40 Å². The van der Waals surface area contributed by atoms with Crippen molar-refractivity contribution >= 4 is 21.4 Å². The third kappa shape index (κ3) is 3.04. The van der Waals surface area contributed by atoms with Gasteiger partial charge in [0.15, 0.2) is 0 Å². The standard InChI is InChI=1S/C14H19N3O2S2/c1-16(21(18,19)14-7-4-10-20-14)11-12-8-9-17(15-12)13-5-2-3-6-13/h4,7-10,13H,2-3,5-6,11H2,1H3. The fourth-order valence-electron chi connectivity index (χ4n) is 2.71. The van der Waals surface area contributed by atoms with E-state index >= 15 is 0 Å². The van der Waals surface area contributed by atoms with Crippen LogP contribution in [0.2, 0.25) is 0 Å². The molecule has 3 rings (SSSR count). The van der Waals surface area contributed by atoms with Crippen LogP contribution >= 0.6 is 11.3 Å². The minimum atomic E-state index is -3.40. The van der Waals surface area contributed by atoms with Gasteiger partial charge in [-0.15, -0.1) is 11.3 Å². The molecular formula is C14H19N3O2S2. The van der Waals surface area contributed by atoms with Crippen molar-refractivity contribution in [1.82, 2.24) is 14.1 Å². The molecule has 5 nitrogen and oxygen atoms in total. The zero-order valence-electron chi connectivity index (χ0n) is 12.0. The molecule has 1 aliphatic carbocycles. The molecule has 0 N–H and O–H groups in total. The van der Waals surface area contributed by atoms with Gasteiger partial charge in [-0.05, 0) is 30.4 Å². The van der Waals surface area contributed by atoms with Crippen molar-refractivity contribution in [2.45, 2.75) is 42.5 Å². The molecule has 1 fully saturated rings.